The SMILES string of the molecule is NCCn1cc(-c2nc(CCOCC(F)F)no2)nn1. The van der Waals surface area contributed by atoms with Gasteiger partial charge in [0.2, 0.25) is 0 Å². The maximum Gasteiger partial charge on any atom is 0.280 e. The van der Waals surface area contributed by atoms with E-state index >= 15 is 0 Å². The van der Waals surface area contributed by atoms with Gasteiger partial charge in [0.05, 0.1) is 19.3 Å². The number of alkyl halides is 2. The number of hydrogen-bond acceptors (Lipinski definition) is 7. The second-order valence-electron chi connectivity index (χ2n) is 3.89. The van der Waals surface area contributed by atoms with Gasteiger partial charge in [-0.05, 0) is 0 Å². The first-order valence-corrected chi connectivity index (χ1v) is 5.98. The molecule has 2 aromatic rings. The highest BCUT2D eigenvalue weighted by Crippen LogP contribution is 2.13. The average molecular weight is 288 g/mol. The Morgan fingerprint density at radius 3 is 3.05 bits per heavy atom. The summed E-state index contributed by atoms with van der Waals surface area (Å²) in [4.78, 5) is 4.08. The van der Waals surface area contributed by atoms with Crippen LogP contribution in [0.1, 0.15) is 5.82 Å². The highest BCUT2D eigenvalue weighted by Gasteiger charge is 2.12. The van der Waals surface area contributed by atoms with Gasteiger partial charge in [-0.1, -0.05) is 10.4 Å². The molecule has 0 fully saturated rings. The van der Waals surface area contributed by atoms with Crippen LogP contribution in [-0.2, 0) is 17.7 Å². The van der Waals surface area contributed by atoms with Crippen molar-refractivity contribution in [3.63, 3.8) is 0 Å². The van der Waals surface area contributed by atoms with Gasteiger partial charge in [0.1, 0.15) is 6.61 Å². The van der Waals surface area contributed by atoms with Crippen LogP contribution in [0.25, 0.3) is 11.6 Å². The second-order valence-corrected chi connectivity index (χ2v) is 3.89. The maximum absolute atomic E-state index is 11.8. The van der Waals surface area contributed by atoms with E-state index in [9.17, 15) is 8.78 Å². The predicted molar refractivity (Wildman–Crippen MR) is 62.9 cm³/mol. The van der Waals surface area contributed by atoms with Crippen LogP contribution in [0.5, 0.6) is 0 Å². The predicted octanol–water partition coefficient (Wildman–Crippen LogP) is 0.111. The summed E-state index contributed by atoms with van der Waals surface area (Å²) in [5.41, 5.74) is 5.83. The normalized spacial score (nSPS) is 11.4. The number of nitrogens with two attached hydrogens (primary N) is 1. The Kier molecular flexibility index (Phi) is 5.07. The first-order chi connectivity index (χ1) is 9.69. The Morgan fingerprint density at radius 1 is 1.45 bits per heavy atom. The highest BCUT2D eigenvalue weighted by atomic mass is 19.3. The smallest absolute Gasteiger partial charge is 0.280 e. The van der Waals surface area contributed by atoms with E-state index in [1.54, 1.807) is 10.9 Å². The van der Waals surface area contributed by atoms with Gasteiger partial charge in [-0.25, -0.2) is 8.78 Å². The van der Waals surface area contributed by atoms with E-state index in [0.717, 1.165) is 0 Å². The minimum Gasteiger partial charge on any atom is -0.375 e. The third kappa shape index (κ3) is 4.03. The van der Waals surface area contributed by atoms with Crippen molar-refractivity contribution in [3.05, 3.63) is 12.0 Å². The Hall–Kier alpha value is -1.94. The molecular weight excluding hydrogens is 274 g/mol. The van der Waals surface area contributed by atoms with Crippen molar-refractivity contribution in [1.82, 2.24) is 25.1 Å². The van der Waals surface area contributed by atoms with E-state index < -0.39 is 13.0 Å². The molecule has 0 unspecified atom stereocenters. The van der Waals surface area contributed by atoms with E-state index in [1.165, 1.54) is 0 Å². The van der Waals surface area contributed by atoms with Crippen LogP contribution in [0.4, 0.5) is 8.78 Å². The third-order valence-electron chi connectivity index (χ3n) is 2.30. The molecule has 0 aromatic carbocycles. The summed E-state index contributed by atoms with van der Waals surface area (Å²) in [6.45, 7) is 0.482. The zero-order chi connectivity index (χ0) is 14.4. The molecule has 2 aromatic heterocycles. The van der Waals surface area contributed by atoms with Crippen LogP contribution in [0.15, 0.2) is 10.7 Å². The van der Waals surface area contributed by atoms with Crippen LogP contribution in [0.2, 0.25) is 0 Å². The highest BCUT2D eigenvalue weighted by molar-refractivity contribution is 5.43. The molecule has 2 rings (SSSR count). The van der Waals surface area contributed by atoms with Gasteiger partial charge < -0.3 is 15.0 Å². The average Bonchev–Trinajstić information content (AvgIpc) is 3.03. The van der Waals surface area contributed by atoms with Crippen LogP contribution in [-0.4, -0.2) is 51.3 Å². The summed E-state index contributed by atoms with van der Waals surface area (Å²) >= 11 is 0. The molecular formula is C10H14F2N6O2. The van der Waals surface area contributed by atoms with Crippen LogP contribution >= 0.6 is 0 Å². The summed E-state index contributed by atoms with van der Waals surface area (Å²) in [7, 11) is 0. The molecule has 2 N–H and O–H groups in total. The van der Waals surface area contributed by atoms with E-state index in [4.69, 9.17) is 15.0 Å². The molecule has 0 atom stereocenters. The molecule has 0 bridgehead atoms. The largest absolute Gasteiger partial charge is 0.375 e. The Morgan fingerprint density at radius 2 is 2.30 bits per heavy atom. The molecule has 8 nitrogen and oxygen atoms in total. The monoisotopic (exact) mass is 288 g/mol. The Labute approximate surface area is 112 Å². The van der Waals surface area contributed by atoms with Gasteiger partial charge in [-0.3, -0.25) is 4.68 Å². The summed E-state index contributed by atoms with van der Waals surface area (Å²) in [6, 6.07) is 0. The first-order valence-electron chi connectivity index (χ1n) is 5.98. The second kappa shape index (κ2) is 7.01. The molecule has 0 aliphatic carbocycles. The molecule has 0 aliphatic heterocycles. The van der Waals surface area contributed by atoms with Crippen molar-refractivity contribution in [3.8, 4) is 11.6 Å². The van der Waals surface area contributed by atoms with Crippen LogP contribution in [0.3, 0.4) is 0 Å². The lowest BCUT2D eigenvalue weighted by Crippen LogP contribution is -2.10. The molecule has 110 valence electrons. The van der Waals surface area contributed by atoms with Gasteiger partial charge in [-0.15, -0.1) is 5.10 Å². The molecule has 0 spiro atoms. The first kappa shape index (κ1) is 14.5. The number of hydrogen-bond donors (Lipinski definition) is 1. The summed E-state index contributed by atoms with van der Waals surface area (Å²) in [6.07, 6.45) is -0.557. The molecule has 20 heavy (non-hydrogen) atoms. The molecule has 2 heterocycles. The lowest BCUT2D eigenvalue weighted by molar-refractivity contribution is 0.0182. The van der Waals surface area contributed by atoms with E-state index in [1.807, 2.05) is 0 Å². The lowest BCUT2D eigenvalue weighted by atomic mass is 10.4. The summed E-state index contributed by atoms with van der Waals surface area (Å²) in [5.74, 6) is 0.583. The van der Waals surface area contributed by atoms with Crippen LogP contribution in [0, 0.1) is 0 Å². The van der Waals surface area contributed by atoms with E-state index in [0.29, 0.717) is 24.6 Å². The number of nitrogens with zero attached hydrogens (tertiary/aromatic N) is 5. The van der Waals surface area contributed by atoms with Gasteiger partial charge >= 0.3 is 0 Å². The van der Waals surface area contributed by atoms with Gasteiger partial charge in [0.25, 0.3) is 12.3 Å². The van der Waals surface area contributed by atoms with Crippen LogP contribution < -0.4 is 5.73 Å². The van der Waals surface area contributed by atoms with Gasteiger partial charge in [-0.2, -0.15) is 4.98 Å². The van der Waals surface area contributed by atoms with Crippen molar-refractivity contribution < 1.29 is 18.0 Å². The number of ether oxygens (including phenoxy) is 1. The Balaban J connectivity index is 1.87. The topological polar surface area (TPSA) is 105 Å². The molecule has 0 aliphatic rings. The Bertz CT molecular complexity index is 529. The van der Waals surface area contributed by atoms with Gasteiger partial charge in [0, 0.05) is 13.0 Å². The fourth-order valence-corrected chi connectivity index (χ4v) is 1.43. The lowest BCUT2D eigenvalue weighted by Gasteiger charge is -1.99. The fourth-order valence-electron chi connectivity index (χ4n) is 1.43. The summed E-state index contributed by atoms with van der Waals surface area (Å²) in [5, 5.41) is 11.4. The molecule has 0 radical (unpaired) electrons. The fraction of sp³-hybridized carbons (Fsp3) is 0.600. The quantitative estimate of drug-likeness (QED) is 0.687. The van der Waals surface area contributed by atoms with Crippen molar-refractivity contribution in [2.45, 2.75) is 19.4 Å². The van der Waals surface area contributed by atoms with Crippen molar-refractivity contribution in [1.29, 1.82) is 0 Å². The number of rotatable bonds is 8. The molecule has 0 saturated heterocycles. The molecule has 10 heteroatoms. The van der Waals surface area contributed by atoms with E-state index in [2.05, 4.69) is 20.5 Å². The summed E-state index contributed by atoms with van der Waals surface area (Å²) < 4.78 is 35.0. The zero-order valence-corrected chi connectivity index (χ0v) is 10.6. The minimum atomic E-state index is -2.48. The van der Waals surface area contributed by atoms with Crippen molar-refractivity contribution in [2.24, 2.45) is 5.73 Å². The van der Waals surface area contributed by atoms with E-state index in [-0.39, 0.29) is 18.9 Å². The zero-order valence-electron chi connectivity index (χ0n) is 10.6. The minimum absolute atomic E-state index is 0.100. The molecule has 0 amide bonds. The standard InChI is InChI=1S/C10H14F2N6O2/c11-8(12)6-19-4-1-9-14-10(20-16-9)7-5-18(3-2-13)17-15-7/h5,8H,1-4,6,13H2. The van der Waals surface area contributed by atoms with Gasteiger partial charge in [0.15, 0.2) is 11.5 Å². The maximum atomic E-state index is 11.8. The number of aromatic nitrogens is 5. The number of halogens is 2. The van der Waals surface area contributed by atoms with Crippen molar-refractivity contribution >= 4 is 0 Å². The third-order valence-corrected chi connectivity index (χ3v) is 2.30. The molecule has 0 saturated carbocycles. The van der Waals surface area contributed by atoms with Crippen molar-refractivity contribution in [2.75, 3.05) is 19.8 Å².